The van der Waals surface area contributed by atoms with Crippen LogP contribution in [0.3, 0.4) is 0 Å². The zero-order valence-corrected chi connectivity index (χ0v) is 4.52. The van der Waals surface area contributed by atoms with Gasteiger partial charge in [-0.15, -0.1) is 0 Å². The molecule has 0 aliphatic carbocycles. The van der Waals surface area contributed by atoms with Crippen LogP contribution in [-0.2, 0) is 0 Å². The van der Waals surface area contributed by atoms with Crippen molar-refractivity contribution >= 4 is 0 Å². The molecular formula is C4H12N3. The van der Waals surface area contributed by atoms with Crippen LogP contribution < -0.4 is 17.2 Å². The molecule has 0 spiro atoms. The van der Waals surface area contributed by atoms with Gasteiger partial charge in [-0.25, -0.2) is 0 Å². The van der Waals surface area contributed by atoms with Gasteiger partial charge in [0.2, 0.25) is 0 Å². The van der Waals surface area contributed by atoms with Gasteiger partial charge in [0, 0.05) is 6.04 Å². The molecule has 0 amide bonds. The van der Waals surface area contributed by atoms with Gasteiger partial charge in [-0.3, -0.25) is 0 Å². The molecule has 0 aromatic heterocycles. The van der Waals surface area contributed by atoms with Gasteiger partial charge in [-0.2, -0.15) is 0 Å². The largest absolute Gasteiger partial charge is 0.325 e. The van der Waals surface area contributed by atoms with Crippen molar-refractivity contribution in [2.45, 2.75) is 19.4 Å². The Morgan fingerprint density at radius 1 is 1.57 bits per heavy atom. The lowest BCUT2D eigenvalue weighted by Gasteiger charge is -2.09. The molecule has 0 aliphatic rings. The van der Waals surface area contributed by atoms with Crippen molar-refractivity contribution in [1.82, 2.24) is 0 Å². The van der Waals surface area contributed by atoms with E-state index in [2.05, 4.69) is 0 Å². The molecule has 7 heavy (non-hydrogen) atoms. The van der Waals surface area contributed by atoms with Gasteiger partial charge in [-0.05, 0) is 6.42 Å². The van der Waals surface area contributed by atoms with Crippen LogP contribution in [0.4, 0.5) is 0 Å². The van der Waals surface area contributed by atoms with E-state index in [4.69, 9.17) is 17.2 Å². The standard InChI is InChI=1S/C4H12N3/c1-2-3(5)4(6)7/h3H,2,5-7H2,1H3. The fourth-order valence-corrected chi connectivity index (χ4v) is 0.236. The third-order valence-corrected chi connectivity index (χ3v) is 0.868. The molecular weight excluding hydrogens is 90.1 g/mol. The van der Waals surface area contributed by atoms with E-state index < -0.39 is 0 Å². The van der Waals surface area contributed by atoms with Crippen LogP contribution in [0, 0.1) is 6.17 Å². The van der Waals surface area contributed by atoms with Crippen LogP contribution in [0.25, 0.3) is 0 Å². The maximum atomic E-state index is 5.33. The molecule has 0 saturated heterocycles. The number of rotatable bonds is 2. The van der Waals surface area contributed by atoms with Crippen molar-refractivity contribution in [2.24, 2.45) is 17.2 Å². The third-order valence-electron chi connectivity index (χ3n) is 0.868. The highest BCUT2D eigenvalue weighted by Gasteiger charge is 2.03. The van der Waals surface area contributed by atoms with Gasteiger partial charge < -0.3 is 17.2 Å². The summed E-state index contributed by atoms with van der Waals surface area (Å²) in [5.41, 5.74) is 15.6. The quantitative estimate of drug-likeness (QED) is 0.424. The molecule has 0 rings (SSSR count). The van der Waals surface area contributed by atoms with Crippen LogP contribution in [0.15, 0.2) is 0 Å². The predicted octanol–water partition coefficient (Wildman–Crippen LogP) is -0.869. The lowest BCUT2D eigenvalue weighted by atomic mass is 10.2. The van der Waals surface area contributed by atoms with Crippen molar-refractivity contribution in [2.75, 3.05) is 0 Å². The second-order valence-electron chi connectivity index (χ2n) is 1.51. The molecule has 0 bridgehead atoms. The second kappa shape index (κ2) is 2.96. The number of hydrogen-bond acceptors (Lipinski definition) is 3. The summed E-state index contributed by atoms with van der Waals surface area (Å²) in [5.74, 6) is 0. The molecule has 3 nitrogen and oxygen atoms in total. The van der Waals surface area contributed by atoms with E-state index in [9.17, 15) is 0 Å². The zero-order valence-electron chi connectivity index (χ0n) is 4.52. The fourth-order valence-electron chi connectivity index (χ4n) is 0.236. The summed E-state index contributed by atoms with van der Waals surface area (Å²) >= 11 is 0. The first kappa shape index (κ1) is 6.88. The van der Waals surface area contributed by atoms with Crippen LogP contribution in [0.1, 0.15) is 13.3 Å². The van der Waals surface area contributed by atoms with E-state index in [1.165, 1.54) is 0 Å². The van der Waals surface area contributed by atoms with Crippen molar-refractivity contribution in [3.63, 3.8) is 0 Å². The molecule has 0 fully saturated rings. The number of hydrogen-bond donors (Lipinski definition) is 3. The SMILES string of the molecule is CCC(N)[C](N)N. The van der Waals surface area contributed by atoms with Gasteiger partial charge in [-0.1, -0.05) is 6.92 Å². The van der Waals surface area contributed by atoms with Gasteiger partial charge in [0.25, 0.3) is 0 Å². The maximum Gasteiger partial charge on any atom is 0.113 e. The Morgan fingerprint density at radius 2 is 2.00 bits per heavy atom. The Kier molecular flexibility index (Phi) is 2.91. The molecule has 0 aromatic rings. The van der Waals surface area contributed by atoms with Gasteiger partial charge in [0.1, 0.15) is 6.17 Å². The number of nitrogens with two attached hydrogens (primary N) is 3. The monoisotopic (exact) mass is 102 g/mol. The first-order chi connectivity index (χ1) is 3.18. The van der Waals surface area contributed by atoms with Gasteiger partial charge in [0.15, 0.2) is 0 Å². The topological polar surface area (TPSA) is 78.1 Å². The molecule has 0 aliphatic heterocycles. The minimum absolute atomic E-state index is 0.125. The zero-order chi connectivity index (χ0) is 5.86. The molecule has 43 valence electrons. The Labute approximate surface area is 43.9 Å². The van der Waals surface area contributed by atoms with E-state index >= 15 is 0 Å². The van der Waals surface area contributed by atoms with E-state index in [1.54, 1.807) is 0 Å². The highest BCUT2D eigenvalue weighted by atomic mass is 14.9. The predicted molar refractivity (Wildman–Crippen MR) is 29.9 cm³/mol. The third kappa shape index (κ3) is 2.56. The van der Waals surface area contributed by atoms with Crippen molar-refractivity contribution in [3.05, 3.63) is 6.17 Å². The Morgan fingerprint density at radius 3 is 2.00 bits per heavy atom. The first-order valence-corrected chi connectivity index (χ1v) is 2.31. The van der Waals surface area contributed by atoms with E-state index in [1.807, 2.05) is 6.92 Å². The molecule has 0 heterocycles. The lowest BCUT2D eigenvalue weighted by molar-refractivity contribution is 0.638. The van der Waals surface area contributed by atoms with Crippen LogP contribution in [0.2, 0.25) is 0 Å². The summed E-state index contributed by atoms with van der Waals surface area (Å²) in [7, 11) is 0. The van der Waals surface area contributed by atoms with Crippen LogP contribution in [0.5, 0.6) is 0 Å². The molecule has 1 radical (unpaired) electrons. The van der Waals surface area contributed by atoms with E-state index in [0.29, 0.717) is 6.17 Å². The average molecular weight is 102 g/mol. The Balaban J connectivity index is 3.14. The summed E-state index contributed by atoms with van der Waals surface area (Å²) in [4.78, 5) is 0. The summed E-state index contributed by atoms with van der Waals surface area (Å²) in [5, 5.41) is 0. The molecule has 1 unspecified atom stereocenters. The van der Waals surface area contributed by atoms with Crippen molar-refractivity contribution in [3.8, 4) is 0 Å². The van der Waals surface area contributed by atoms with Gasteiger partial charge in [0.05, 0.1) is 0 Å². The normalized spacial score (nSPS) is 15.0. The minimum atomic E-state index is -0.125. The first-order valence-electron chi connectivity index (χ1n) is 2.31. The van der Waals surface area contributed by atoms with Gasteiger partial charge >= 0.3 is 0 Å². The summed E-state index contributed by atoms with van der Waals surface area (Å²) in [6.45, 7) is 1.93. The minimum Gasteiger partial charge on any atom is -0.325 e. The molecule has 3 heteroatoms. The maximum absolute atomic E-state index is 5.33. The van der Waals surface area contributed by atoms with Crippen LogP contribution in [-0.4, -0.2) is 6.04 Å². The molecule has 0 saturated carbocycles. The molecule has 0 aromatic carbocycles. The van der Waals surface area contributed by atoms with Crippen LogP contribution >= 0.6 is 0 Å². The fraction of sp³-hybridized carbons (Fsp3) is 0.750. The Hall–Kier alpha value is -0.120. The van der Waals surface area contributed by atoms with E-state index in [-0.39, 0.29) is 6.04 Å². The second-order valence-corrected chi connectivity index (χ2v) is 1.51. The lowest BCUT2D eigenvalue weighted by Crippen LogP contribution is -2.39. The Bertz CT molecular complexity index is 44.2. The highest BCUT2D eigenvalue weighted by molar-refractivity contribution is 4.85. The van der Waals surface area contributed by atoms with Crippen molar-refractivity contribution < 1.29 is 0 Å². The highest BCUT2D eigenvalue weighted by Crippen LogP contribution is 1.89. The molecule has 1 atom stereocenters. The summed E-state index contributed by atoms with van der Waals surface area (Å²) < 4.78 is 0. The smallest absolute Gasteiger partial charge is 0.113 e. The average Bonchev–Trinajstić information content (AvgIpc) is 1.65. The summed E-state index contributed by atoms with van der Waals surface area (Å²) in [6.07, 6.45) is 1.13. The van der Waals surface area contributed by atoms with Crippen molar-refractivity contribution in [1.29, 1.82) is 0 Å². The van der Waals surface area contributed by atoms with E-state index in [0.717, 1.165) is 6.42 Å². The summed E-state index contributed by atoms with van der Waals surface area (Å²) in [6, 6.07) is -0.125. The molecule has 6 N–H and O–H groups in total.